The number of hydrogen-bond acceptors (Lipinski definition) is 18. The van der Waals surface area contributed by atoms with Crippen molar-refractivity contribution in [2.75, 3.05) is 42.7 Å². The van der Waals surface area contributed by atoms with Gasteiger partial charge in [0.2, 0.25) is 0 Å². The van der Waals surface area contributed by atoms with Crippen molar-refractivity contribution in [1.82, 2.24) is 44.9 Å². The van der Waals surface area contributed by atoms with Crippen LogP contribution in [0, 0.1) is 0 Å². The highest BCUT2D eigenvalue weighted by Gasteiger charge is 2.22. The normalized spacial score (nSPS) is 11.2. The number of phenols is 3. The maximum Gasteiger partial charge on any atom is 0.320 e. The molecule has 18 heteroatoms. The highest BCUT2D eigenvalue weighted by atomic mass is 16.5. The molecule has 0 saturated carbocycles. The third-order valence-corrected chi connectivity index (χ3v) is 16.5. The van der Waals surface area contributed by atoms with E-state index in [0.29, 0.717) is 68.9 Å². The first-order valence-electron chi connectivity index (χ1n) is 30.0. The van der Waals surface area contributed by atoms with Gasteiger partial charge >= 0.3 is 18.0 Å². The van der Waals surface area contributed by atoms with Crippen LogP contribution in [0.5, 0.6) is 52.5 Å². The summed E-state index contributed by atoms with van der Waals surface area (Å²) in [6, 6.07) is 71.3. The molecule has 95 heavy (non-hydrogen) atoms. The second-order valence-electron chi connectivity index (χ2n) is 21.9. The van der Waals surface area contributed by atoms with Gasteiger partial charge in [-0.25, -0.2) is 15.0 Å². The van der Waals surface area contributed by atoms with Crippen molar-refractivity contribution in [2.24, 2.45) is 0 Å². The SMILES string of the molecule is COc1ccc(-c2nc(OC)nc(-c3c4ccccc4cc4ccccc34)n2)c(O)c1.COc1ccc(-c2nc(OC)nc(-c3cc4ccccc4c4ccccc34)n2)c(O)c1.COc1ccc(-c2nc(OC)nc(-c3ccc4ccc5cccc6ccc3c4c56)n2)c(O)c1. The van der Waals surface area contributed by atoms with E-state index in [1.165, 1.54) is 61.1 Å². The number of nitrogens with zero attached hydrogens (tertiary/aromatic N) is 9. The summed E-state index contributed by atoms with van der Waals surface area (Å²) < 4.78 is 31.7. The van der Waals surface area contributed by atoms with Crippen LogP contribution >= 0.6 is 0 Å². The molecule has 0 aliphatic rings. The van der Waals surface area contributed by atoms with Crippen molar-refractivity contribution in [3.8, 4) is 121 Å². The van der Waals surface area contributed by atoms with Crippen LogP contribution < -0.4 is 28.4 Å². The maximum absolute atomic E-state index is 10.5. The number of ether oxygens (including phenoxy) is 6. The summed E-state index contributed by atoms with van der Waals surface area (Å²) in [7, 11) is 9.17. The lowest BCUT2D eigenvalue weighted by Crippen LogP contribution is -2.01. The molecule has 3 N–H and O–H groups in total. The first kappa shape index (κ1) is 59.8. The lowest BCUT2D eigenvalue weighted by Gasteiger charge is -2.14. The molecule has 0 aliphatic carbocycles. The summed E-state index contributed by atoms with van der Waals surface area (Å²) in [6.45, 7) is 0. The molecular weight excluding hydrogens is 1190 g/mol. The van der Waals surface area contributed by atoms with Gasteiger partial charge in [0.1, 0.15) is 34.5 Å². The van der Waals surface area contributed by atoms with Crippen LogP contribution in [0.4, 0.5) is 0 Å². The number of benzene rings is 13. The Bertz CT molecular complexity index is 5530. The van der Waals surface area contributed by atoms with Crippen molar-refractivity contribution >= 4 is 75.4 Å². The molecule has 16 aromatic rings. The molecule has 3 aromatic heterocycles. The standard InChI is InChI=1S/C27H19N3O3.2C25H19N3O3/c1-32-18-10-13-21(22(31)14-18)26-28-25(29-27(30-26)33-2)20-12-9-17-7-6-15-4-3-5-16-8-11-19(20)24(17)23(15)16;1-30-17-11-12-20(21(29)14-17)23-26-24(28-25(27-23)31-2)22-18-9-5-3-7-15(18)13-16-8-4-6-10-19(16)22;1-30-16-11-12-20(22(29)14-16)23-26-24(28-25(27-23)31-2)21-13-15-7-3-4-8-17(15)18-9-5-6-10-19(18)21/h3-14,31H,1-2H3;2*3-14,29H,1-2H3. The first-order valence-corrected chi connectivity index (χ1v) is 30.0. The summed E-state index contributed by atoms with van der Waals surface area (Å²) in [5.74, 6) is 4.07. The van der Waals surface area contributed by atoms with E-state index in [1.54, 1.807) is 57.7 Å². The Hall–Kier alpha value is -12.8. The quantitative estimate of drug-likeness (QED) is 0.0762. The van der Waals surface area contributed by atoms with Crippen LogP contribution in [0.2, 0.25) is 0 Å². The molecule has 16 rings (SSSR count). The highest BCUT2D eigenvalue weighted by Crippen LogP contribution is 2.42. The van der Waals surface area contributed by atoms with Gasteiger partial charge in [-0.05, 0) is 130 Å². The highest BCUT2D eigenvalue weighted by molar-refractivity contribution is 6.25. The minimum atomic E-state index is 0.0151. The van der Waals surface area contributed by atoms with Crippen molar-refractivity contribution in [3.63, 3.8) is 0 Å². The fourth-order valence-corrected chi connectivity index (χ4v) is 12.0. The summed E-state index contributed by atoms with van der Waals surface area (Å²) in [4.78, 5) is 40.9. The monoisotopic (exact) mass is 1250 g/mol. The zero-order valence-corrected chi connectivity index (χ0v) is 52.1. The van der Waals surface area contributed by atoms with E-state index in [-0.39, 0.29) is 35.3 Å². The van der Waals surface area contributed by atoms with Crippen LogP contribution in [0.15, 0.2) is 218 Å². The van der Waals surface area contributed by atoms with Gasteiger partial charge in [0.05, 0.1) is 59.3 Å². The summed E-state index contributed by atoms with van der Waals surface area (Å²) in [6.07, 6.45) is 0. The Morgan fingerprint density at radius 1 is 0.232 bits per heavy atom. The molecule has 0 radical (unpaired) electrons. The van der Waals surface area contributed by atoms with Crippen molar-refractivity contribution in [3.05, 3.63) is 218 Å². The molecule has 464 valence electrons. The van der Waals surface area contributed by atoms with Crippen LogP contribution in [0.3, 0.4) is 0 Å². The topological polar surface area (TPSA) is 232 Å². The Labute approximate surface area is 543 Å². The molecule has 3 heterocycles. The second-order valence-corrected chi connectivity index (χ2v) is 21.9. The Morgan fingerprint density at radius 2 is 0.579 bits per heavy atom. The van der Waals surface area contributed by atoms with Gasteiger partial charge in [-0.15, -0.1) is 0 Å². The lowest BCUT2D eigenvalue weighted by molar-refractivity contribution is 0.379. The predicted octanol–water partition coefficient (Wildman–Crippen LogP) is 16.3. The van der Waals surface area contributed by atoms with Crippen molar-refractivity contribution in [2.45, 2.75) is 0 Å². The summed E-state index contributed by atoms with van der Waals surface area (Å²) >= 11 is 0. The fraction of sp³-hybridized carbons (Fsp3) is 0.0779. The Kier molecular flexibility index (Phi) is 16.0. The maximum atomic E-state index is 10.5. The van der Waals surface area contributed by atoms with Gasteiger partial charge < -0.3 is 43.7 Å². The molecular formula is C77H57N9O9. The number of methoxy groups -OCH3 is 6. The van der Waals surface area contributed by atoms with Crippen LogP contribution in [-0.2, 0) is 0 Å². The fourth-order valence-electron chi connectivity index (χ4n) is 12.0. The van der Waals surface area contributed by atoms with Crippen LogP contribution in [0.1, 0.15) is 0 Å². The summed E-state index contributed by atoms with van der Waals surface area (Å²) in [5.41, 5.74) is 4.03. The minimum Gasteiger partial charge on any atom is -0.507 e. The molecule has 0 bridgehead atoms. The van der Waals surface area contributed by atoms with Crippen molar-refractivity contribution < 1.29 is 43.7 Å². The third kappa shape index (κ3) is 11.4. The predicted molar refractivity (Wildman–Crippen MR) is 370 cm³/mol. The largest absolute Gasteiger partial charge is 0.507 e. The number of aromatic hydroxyl groups is 3. The molecule has 0 fully saturated rings. The molecule has 0 atom stereocenters. The van der Waals surface area contributed by atoms with Gasteiger partial charge in [0, 0.05) is 34.9 Å². The number of phenolic OH excluding ortho intramolecular Hbond substituents is 3. The number of rotatable bonds is 12. The average Bonchev–Trinajstić information content (AvgIpc) is 0.767. The Balaban J connectivity index is 0.000000123. The zero-order valence-electron chi connectivity index (χ0n) is 52.1. The van der Waals surface area contributed by atoms with E-state index >= 15 is 0 Å². The van der Waals surface area contributed by atoms with Gasteiger partial charge in [0.15, 0.2) is 34.9 Å². The van der Waals surface area contributed by atoms with E-state index < -0.39 is 0 Å². The summed E-state index contributed by atoms with van der Waals surface area (Å²) in [5, 5.41) is 47.2. The lowest BCUT2D eigenvalue weighted by atomic mass is 9.92. The number of hydrogen-bond donors (Lipinski definition) is 3. The number of aromatic nitrogens is 9. The molecule has 13 aromatic carbocycles. The van der Waals surface area contributed by atoms with E-state index in [0.717, 1.165) is 70.6 Å². The van der Waals surface area contributed by atoms with Gasteiger partial charge in [-0.2, -0.15) is 29.9 Å². The van der Waals surface area contributed by atoms with Crippen molar-refractivity contribution in [1.29, 1.82) is 0 Å². The van der Waals surface area contributed by atoms with E-state index in [4.69, 9.17) is 43.4 Å². The molecule has 0 spiro atoms. The van der Waals surface area contributed by atoms with E-state index in [2.05, 4.69) is 139 Å². The van der Waals surface area contributed by atoms with Gasteiger partial charge in [-0.1, -0.05) is 146 Å². The third-order valence-electron chi connectivity index (χ3n) is 16.5. The molecule has 0 amide bonds. The van der Waals surface area contributed by atoms with Gasteiger partial charge in [0.25, 0.3) is 0 Å². The smallest absolute Gasteiger partial charge is 0.320 e. The minimum absolute atomic E-state index is 0.0151. The molecule has 18 nitrogen and oxygen atoms in total. The zero-order chi connectivity index (χ0) is 65.3. The Morgan fingerprint density at radius 3 is 1.04 bits per heavy atom. The first-order chi connectivity index (χ1) is 46.5. The second kappa shape index (κ2) is 25.5. The van der Waals surface area contributed by atoms with Gasteiger partial charge in [-0.3, -0.25) is 0 Å². The number of fused-ring (bicyclic) bond motifs is 5. The average molecular weight is 1250 g/mol. The molecule has 0 unspecified atom stereocenters. The van der Waals surface area contributed by atoms with E-state index in [1.807, 2.05) is 54.6 Å². The van der Waals surface area contributed by atoms with E-state index in [9.17, 15) is 15.3 Å². The van der Waals surface area contributed by atoms with Crippen LogP contribution in [-0.4, -0.2) is 103 Å². The van der Waals surface area contributed by atoms with Crippen LogP contribution in [0.25, 0.3) is 144 Å². The molecule has 0 saturated heterocycles. The molecule has 0 aliphatic heterocycles.